The van der Waals surface area contributed by atoms with Crippen LogP contribution in [0.4, 0.5) is 0 Å². The quantitative estimate of drug-likeness (QED) is 0.821. The summed E-state index contributed by atoms with van der Waals surface area (Å²) in [5.74, 6) is -2.98. The first-order valence-electron chi connectivity index (χ1n) is 6.44. The molecule has 0 bridgehead atoms. The van der Waals surface area contributed by atoms with E-state index in [9.17, 15) is 19.8 Å². The molecule has 22 heavy (non-hydrogen) atoms. The second kappa shape index (κ2) is 6.10. The number of halogens is 2. The van der Waals surface area contributed by atoms with Gasteiger partial charge in [-0.2, -0.15) is 0 Å². The molecule has 0 saturated heterocycles. The lowest BCUT2D eigenvalue weighted by atomic mass is 9.67. The molecule has 0 radical (unpaired) electrons. The molecule has 1 aliphatic rings. The number of hydrogen-bond donors (Lipinski definition) is 2. The van der Waals surface area contributed by atoms with Gasteiger partial charge in [0.25, 0.3) is 0 Å². The van der Waals surface area contributed by atoms with E-state index in [0.717, 1.165) is 0 Å². The van der Waals surface area contributed by atoms with Gasteiger partial charge in [-0.25, -0.2) is 9.78 Å². The van der Waals surface area contributed by atoms with E-state index in [-0.39, 0.29) is 17.1 Å². The van der Waals surface area contributed by atoms with Crippen molar-refractivity contribution in [1.82, 2.24) is 4.98 Å². The lowest BCUT2D eigenvalue weighted by Crippen LogP contribution is -2.41. The molecule has 1 aliphatic carbocycles. The Labute approximate surface area is 136 Å². The van der Waals surface area contributed by atoms with Gasteiger partial charge in [0, 0.05) is 22.7 Å². The zero-order valence-corrected chi connectivity index (χ0v) is 13.1. The number of carboxylic acid groups (broad SMARTS) is 2. The Hall–Kier alpha value is -1.85. The average molecular weight is 342 g/mol. The SMILES string of the molecule is CC1C(C(=O)O)=CC=CC1(Cc1cnc(Cl)cc1Cl)C(=O)O. The van der Waals surface area contributed by atoms with Gasteiger partial charge < -0.3 is 10.2 Å². The number of aliphatic carboxylic acids is 2. The Bertz CT molecular complexity index is 699. The highest BCUT2D eigenvalue weighted by Gasteiger charge is 2.46. The van der Waals surface area contributed by atoms with Gasteiger partial charge in [-0.1, -0.05) is 48.4 Å². The van der Waals surface area contributed by atoms with Crippen LogP contribution in [0.1, 0.15) is 12.5 Å². The minimum Gasteiger partial charge on any atom is -0.481 e. The number of hydrogen-bond acceptors (Lipinski definition) is 3. The topological polar surface area (TPSA) is 87.5 Å². The molecule has 2 unspecified atom stereocenters. The van der Waals surface area contributed by atoms with Gasteiger partial charge in [-0.3, -0.25) is 4.79 Å². The van der Waals surface area contributed by atoms with E-state index in [4.69, 9.17) is 23.2 Å². The minimum atomic E-state index is -1.40. The molecule has 1 heterocycles. The lowest BCUT2D eigenvalue weighted by molar-refractivity contribution is -0.148. The molecule has 2 N–H and O–H groups in total. The Kier molecular flexibility index (Phi) is 4.58. The predicted octanol–water partition coefficient (Wildman–Crippen LogP) is 3.22. The third-order valence-electron chi connectivity index (χ3n) is 3.93. The molecule has 0 spiro atoms. The van der Waals surface area contributed by atoms with Crippen LogP contribution < -0.4 is 0 Å². The van der Waals surface area contributed by atoms with Crippen LogP contribution in [-0.4, -0.2) is 27.1 Å². The van der Waals surface area contributed by atoms with Crippen LogP contribution in [0.3, 0.4) is 0 Å². The normalized spacial score (nSPS) is 24.0. The maximum Gasteiger partial charge on any atom is 0.331 e. The number of nitrogens with zero attached hydrogens (tertiary/aromatic N) is 1. The van der Waals surface area contributed by atoms with Gasteiger partial charge in [0.1, 0.15) is 5.15 Å². The van der Waals surface area contributed by atoms with Gasteiger partial charge in [0.15, 0.2) is 0 Å². The van der Waals surface area contributed by atoms with Crippen LogP contribution in [0.25, 0.3) is 0 Å². The van der Waals surface area contributed by atoms with Crippen LogP contribution in [-0.2, 0) is 16.0 Å². The maximum absolute atomic E-state index is 11.9. The third kappa shape index (κ3) is 2.87. The zero-order chi connectivity index (χ0) is 16.5. The van der Waals surface area contributed by atoms with Crippen molar-refractivity contribution in [3.8, 4) is 0 Å². The smallest absolute Gasteiger partial charge is 0.331 e. The van der Waals surface area contributed by atoms with Crippen molar-refractivity contribution in [3.05, 3.63) is 51.8 Å². The van der Waals surface area contributed by atoms with Crippen LogP contribution in [0.5, 0.6) is 0 Å². The molecule has 2 atom stereocenters. The van der Waals surface area contributed by atoms with E-state index in [1.807, 2.05) is 0 Å². The second-order valence-electron chi connectivity index (χ2n) is 5.13. The predicted molar refractivity (Wildman–Crippen MR) is 82.1 cm³/mol. The summed E-state index contributed by atoms with van der Waals surface area (Å²) >= 11 is 11.8. The molecule has 2 rings (SSSR count). The van der Waals surface area contributed by atoms with Gasteiger partial charge in [0.05, 0.1) is 5.41 Å². The van der Waals surface area contributed by atoms with E-state index in [1.54, 1.807) is 6.92 Å². The summed E-state index contributed by atoms with van der Waals surface area (Å²) in [4.78, 5) is 27.1. The number of allylic oxidation sites excluding steroid dienone is 2. The van der Waals surface area contributed by atoms with Crippen molar-refractivity contribution in [2.24, 2.45) is 11.3 Å². The fraction of sp³-hybridized carbons (Fsp3) is 0.267. The van der Waals surface area contributed by atoms with Crippen molar-refractivity contribution >= 4 is 35.1 Å². The van der Waals surface area contributed by atoms with Crippen molar-refractivity contribution in [2.75, 3.05) is 0 Å². The summed E-state index contributed by atoms with van der Waals surface area (Å²) < 4.78 is 0. The van der Waals surface area contributed by atoms with Gasteiger partial charge >= 0.3 is 11.9 Å². The Balaban J connectivity index is 2.47. The first-order valence-corrected chi connectivity index (χ1v) is 7.19. The van der Waals surface area contributed by atoms with Crippen molar-refractivity contribution in [2.45, 2.75) is 13.3 Å². The van der Waals surface area contributed by atoms with Crippen LogP contribution in [0.2, 0.25) is 10.2 Å². The molecule has 0 fully saturated rings. The zero-order valence-electron chi connectivity index (χ0n) is 11.6. The number of pyridine rings is 1. The van der Waals surface area contributed by atoms with E-state index < -0.39 is 23.3 Å². The maximum atomic E-state index is 11.9. The third-order valence-corrected chi connectivity index (χ3v) is 4.49. The van der Waals surface area contributed by atoms with Crippen LogP contribution in [0, 0.1) is 11.3 Å². The van der Waals surface area contributed by atoms with E-state index in [1.165, 1.54) is 30.5 Å². The average Bonchev–Trinajstić information content (AvgIpc) is 2.43. The first kappa shape index (κ1) is 16.5. The van der Waals surface area contributed by atoms with Crippen LogP contribution >= 0.6 is 23.2 Å². The second-order valence-corrected chi connectivity index (χ2v) is 5.92. The number of carboxylic acids is 2. The summed E-state index contributed by atoms with van der Waals surface area (Å²) in [6, 6.07) is 1.43. The van der Waals surface area contributed by atoms with Crippen molar-refractivity contribution in [1.29, 1.82) is 0 Å². The minimum absolute atomic E-state index is 0.0215. The summed E-state index contributed by atoms with van der Waals surface area (Å²) in [5.41, 5.74) is -0.860. The molecular formula is C15H13Cl2NO4. The molecule has 7 heteroatoms. The Morgan fingerprint density at radius 1 is 1.36 bits per heavy atom. The van der Waals surface area contributed by atoms with Gasteiger partial charge in [-0.15, -0.1) is 0 Å². The monoisotopic (exact) mass is 341 g/mol. The molecule has 1 aromatic rings. The van der Waals surface area contributed by atoms with Gasteiger partial charge in [0.2, 0.25) is 0 Å². The van der Waals surface area contributed by atoms with E-state index >= 15 is 0 Å². The molecule has 0 aromatic carbocycles. The Morgan fingerprint density at radius 3 is 2.59 bits per heavy atom. The largest absolute Gasteiger partial charge is 0.481 e. The fourth-order valence-corrected chi connectivity index (χ4v) is 3.00. The molecule has 5 nitrogen and oxygen atoms in total. The van der Waals surface area contributed by atoms with Crippen molar-refractivity contribution in [3.63, 3.8) is 0 Å². The summed E-state index contributed by atoms with van der Waals surface area (Å²) in [7, 11) is 0. The Morgan fingerprint density at radius 2 is 2.05 bits per heavy atom. The number of rotatable bonds is 4. The molecular weight excluding hydrogens is 329 g/mol. The highest BCUT2D eigenvalue weighted by molar-refractivity contribution is 6.34. The van der Waals surface area contributed by atoms with Crippen molar-refractivity contribution < 1.29 is 19.8 Å². The molecule has 0 aliphatic heterocycles. The lowest BCUT2D eigenvalue weighted by Gasteiger charge is -2.35. The van der Waals surface area contributed by atoms with E-state index in [2.05, 4.69) is 4.98 Å². The number of carbonyl (C=O) groups is 2. The molecule has 0 saturated carbocycles. The summed E-state index contributed by atoms with van der Waals surface area (Å²) in [6.07, 6.45) is 5.80. The number of aromatic nitrogens is 1. The molecule has 1 aromatic heterocycles. The summed E-state index contributed by atoms with van der Waals surface area (Å²) in [5, 5.41) is 19.4. The standard InChI is InChI=1S/C15H13Cl2NO4/c1-8-10(13(19)20)3-2-4-15(8,14(21)22)6-9-7-18-12(17)5-11(9)16/h2-5,7-8H,6H2,1H3,(H,19,20)(H,21,22). The molecule has 116 valence electrons. The van der Waals surface area contributed by atoms with Crippen LogP contribution in [0.15, 0.2) is 36.1 Å². The highest BCUT2D eigenvalue weighted by atomic mass is 35.5. The molecule has 0 amide bonds. The summed E-state index contributed by atoms with van der Waals surface area (Å²) in [6.45, 7) is 1.58. The first-order chi connectivity index (χ1) is 10.3. The van der Waals surface area contributed by atoms with Gasteiger partial charge in [-0.05, 0) is 18.1 Å². The fourth-order valence-electron chi connectivity index (χ4n) is 2.57. The van der Waals surface area contributed by atoms with E-state index in [0.29, 0.717) is 10.6 Å². The highest BCUT2D eigenvalue weighted by Crippen LogP contribution is 2.42.